The number of ether oxygens (including phenoxy) is 2. The summed E-state index contributed by atoms with van der Waals surface area (Å²) in [6.07, 6.45) is 4.39. The van der Waals surface area contributed by atoms with E-state index in [1.165, 1.54) is 18.2 Å². The van der Waals surface area contributed by atoms with Crippen molar-refractivity contribution >= 4 is 16.6 Å². The molecule has 0 aromatic heterocycles. The molecular formula is C15H21O3Si. The fourth-order valence-corrected chi connectivity index (χ4v) is 1.70. The van der Waals surface area contributed by atoms with Gasteiger partial charge in [0.25, 0.3) is 0 Å². The van der Waals surface area contributed by atoms with Crippen molar-refractivity contribution in [1.29, 1.82) is 0 Å². The highest BCUT2D eigenvalue weighted by molar-refractivity contribution is 5.97. The predicted molar refractivity (Wildman–Crippen MR) is 78.2 cm³/mol. The highest BCUT2D eigenvalue weighted by atomic mass is 28.2. The van der Waals surface area contributed by atoms with Crippen molar-refractivity contribution < 1.29 is 13.9 Å². The average molecular weight is 277 g/mol. The quantitative estimate of drug-likeness (QED) is 0.435. The molecule has 0 spiro atoms. The Morgan fingerprint density at radius 1 is 1.47 bits per heavy atom. The van der Waals surface area contributed by atoms with Crippen molar-refractivity contribution in [2.75, 3.05) is 26.9 Å². The van der Waals surface area contributed by atoms with Gasteiger partial charge in [-0.05, 0) is 24.0 Å². The lowest BCUT2D eigenvalue weighted by Gasteiger charge is -2.06. The van der Waals surface area contributed by atoms with Gasteiger partial charge < -0.3 is 13.9 Å². The van der Waals surface area contributed by atoms with Crippen LogP contribution in [0, 0.1) is 0 Å². The van der Waals surface area contributed by atoms with E-state index >= 15 is 0 Å². The van der Waals surface area contributed by atoms with E-state index in [9.17, 15) is 0 Å². The summed E-state index contributed by atoms with van der Waals surface area (Å²) in [5, 5.41) is 0. The van der Waals surface area contributed by atoms with Gasteiger partial charge in [-0.3, -0.25) is 0 Å². The van der Waals surface area contributed by atoms with Crippen LogP contribution < -0.4 is 0 Å². The van der Waals surface area contributed by atoms with Crippen molar-refractivity contribution in [3.8, 4) is 0 Å². The third kappa shape index (κ3) is 7.27. The van der Waals surface area contributed by atoms with E-state index in [0.717, 1.165) is 32.7 Å². The maximum Gasteiger partial charge on any atom is 0.245 e. The van der Waals surface area contributed by atoms with Crippen LogP contribution in [0.1, 0.15) is 17.5 Å². The van der Waals surface area contributed by atoms with Gasteiger partial charge in [-0.25, -0.2) is 0 Å². The number of aryl methyl sites for hydroxylation is 1. The van der Waals surface area contributed by atoms with E-state index in [0.29, 0.717) is 6.10 Å². The number of hydrogen-bond donors (Lipinski definition) is 0. The Morgan fingerprint density at radius 3 is 2.79 bits per heavy atom. The molecule has 1 aromatic rings. The molecule has 0 N–H and O–H groups in total. The third-order valence-corrected chi connectivity index (χ3v) is 2.72. The molecule has 3 radical (unpaired) electrons. The first-order valence-electron chi connectivity index (χ1n) is 6.41. The molecule has 1 aromatic carbocycles. The molecule has 0 saturated carbocycles. The first kappa shape index (κ1) is 16.1. The fourth-order valence-electron chi connectivity index (χ4n) is 1.70. The first-order valence-corrected chi connectivity index (χ1v) is 6.82. The average Bonchev–Trinajstić information content (AvgIpc) is 3.24. The predicted octanol–water partition coefficient (Wildman–Crippen LogP) is 2.39. The molecule has 3 nitrogen and oxygen atoms in total. The molecule has 0 aliphatic carbocycles. The standard InChI is InChI=1S/C14H18O2.CH3OSi/c1-2-12-6-3-4-7-13(12)8-5-9-15-10-14-11-16-14;1-2-3/h2-4,6-7,14H,1,5,8-11H2;1H3. The zero-order valence-electron chi connectivity index (χ0n) is 11.4. The highest BCUT2D eigenvalue weighted by Crippen LogP contribution is 2.13. The van der Waals surface area contributed by atoms with Crippen LogP contribution in [0.4, 0.5) is 0 Å². The minimum Gasteiger partial charge on any atom is -0.422 e. The summed E-state index contributed by atoms with van der Waals surface area (Å²) in [5.74, 6) is 0. The lowest BCUT2D eigenvalue weighted by Crippen LogP contribution is -2.03. The Kier molecular flexibility index (Phi) is 8.41. The summed E-state index contributed by atoms with van der Waals surface area (Å²) in [5.41, 5.74) is 2.58. The number of epoxide rings is 1. The Balaban J connectivity index is 0.000000550. The second kappa shape index (κ2) is 9.92. The topological polar surface area (TPSA) is 31.0 Å². The van der Waals surface area contributed by atoms with E-state index in [4.69, 9.17) is 9.47 Å². The van der Waals surface area contributed by atoms with E-state index < -0.39 is 0 Å². The Hall–Kier alpha value is -0.943. The van der Waals surface area contributed by atoms with Gasteiger partial charge in [-0.2, -0.15) is 0 Å². The number of benzene rings is 1. The maximum atomic E-state index is 5.50. The lowest BCUT2D eigenvalue weighted by molar-refractivity contribution is 0.114. The lowest BCUT2D eigenvalue weighted by atomic mass is 10.0. The summed E-state index contributed by atoms with van der Waals surface area (Å²) in [6, 6.07) is 8.37. The third-order valence-electron chi connectivity index (χ3n) is 2.72. The van der Waals surface area contributed by atoms with Crippen LogP contribution >= 0.6 is 0 Å². The Labute approximate surface area is 119 Å². The van der Waals surface area contributed by atoms with Gasteiger partial charge in [-0.15, -0.1) is 0 Å². The van der Waals surface area contributed by atoms with Crippen LogP contribution in [0.15, 0.2) is 30.8 Å². The van der Waals surface area contributed by atoms with Crippen molar-refractivity contribution in [1.82, 2.24) is 0 Å². The molecular weight excluding hydrogens is 256 g/mol. The molecule has 0 amide bonds. The molecule has 1 saturated heterocycles. The zero-order valence-corrected chi connectivity index (χ0v) is 12.4. The zero-order chi connectivity index (χ0) is 13.9. The smallest absolute Gasteiger partial charge is 0.245 e. The monoisotopic (exact) mass is 277 g/mol. The fraction of sp³-hybridized carbons (Fsp3) is 0.467. The summed E-state index contributed by atoms with van der Waals surface area (Å²) in [4.78, 5) is 0. The molecule has 1 unspecified atom stereocenters. The van der Waals surface area contributed by atoms with Crippen molar-refractivity contribution in [2.24, 2.45) is 0 Å². The van der Waals surface area contributed by atoms with Gasteiger partial charge in [0, 0.05) is 13.7 Å². The molecule has 1 aliphatic heterocycles. The van der Waals surface area contributed by atoms with Crippen LogP contribution in [0.25, 0.3) is 6.08 Å². The molecule has 103 valence electrons. The summed E-state index contributed by atoms with van der Waals surface area (Å²) < 4.78 is 14.6. The van der Waals surface area contributed by atoms with Gasteiger partial charge in [0.1, 0.15) is 6.10 Å². The SMILES string of the molecule is C=Cc1ccccc1CCCOCC1CO1.CO[Si]. The molecule has 1 atom stereocenters. The highest BCUT2D eigenvalue weighted by Gasteiger charge is 2.21. The Morgan fingerprint density at radius 2 is 2.16 bits per heavy atom. The molecule has 1 heterocycles. The van der Waals surface area contributed by atoms with Crippen LogP contribution in [0.2, 0.25) is 0 Å². The summed E-state index contributed by atoms with van der Waals surface area (Å²) in [7, 11) is 4.22. The van der Waals surface area contributed by atoms with E-state index in [1.54, 1.807) is 0 Å². The number of hydrogen-bond acceptors (Lipinski definition) is 3. The van der Waals surface area contributed by atoms with Gasteiger partial charge >= 0.3 is 0 Å². The van der Waals surface area contributed by atoms with Gasteiger partial charge in [0.2, 0.25) is 10.5 Å². The van der Waals surface area contributed by atoms with Crippen LogP contribution in [0.5, 0.6) is 0 Å². The van der Waals surface area contributed by atoms with E-state index in [1.807, 2.05) is 12.1 Å². The van der Waals surface area contributed by atoms with E-state index in [-0.39, 0.29) is 0 Å². The first-order chi connectivity index (χ1) is 9.31. The normalized spacial score (nSPS) is 16.4. The van der Waals surface area contributed by atoms with E-state index in [2.05, 4.69) is 39.7 Å². The number of rotatable bonds is 7. The van der Waals surface area contributed by atoms with Crippen molar-refractivity contribution in [3.63, 3.8) is 0 Å². The molecule has 1 fully saturated rings. The minimum atomic E-state index is 0.375. The molecule has 4 heteroatoms. The summed E-state index contributed by atoms with van der Waals surface area (Å²) >= 11 is 0. The van der Waals surface area contributed by atoms with Crippen molar-refractivity contribution in [2.45, 2.75) is 18.9 Å². The molecule has 19 heavy (non-hydrogen) atoms. The Bertz CT molecular complexity index is 364. The molecule has 2 rings (SSSR count). The second-order valence-electron chi connectivity index (χ2n) is 4.24. The molecule has 1 aliphatic rings. The van der Waals surface area contributed by atoms with Gasteiger partial charge in [0.05, 0.1) is 13.2 Å². The summed E-state index contributed by atoms with van der Waals surface area (Å²) in [6.45, 7) is 6.26. The second-order valence-corrected chi connectivity index (χ2v) is 4.65. The largest absolute Gasteiger partial charge is 0.422 e. The molecule has 0 bridgehead atoms. The van der Waals surface area contributed by atoms with Gasteiger partial charge in [-0.1, -0.05) is 36.9 Å². The van der Waals surface area contributed by atoms with Crippen LogP contribution in [-0.4, -0.2) is 43.5 Å². The maximum absolute atomic E-state index is 5.50. The van der Waals surface area contributed by atoms with Gasteiger partial charge in [0.15, 0.2) is 0 Å². The minimum absolute atomic E-state index is 0.375. The van der Waals surface area contributed by atoms with Crippen LogP contribution in [0.3, 0.4) is 0 Å². The van der Waals surface area contributed by atoms with Crippen molar-refractivity contribution in [3.05, 3.63) is 42.0 Å². The van der Waals surface area contributed by atoms with Crippen LogP contribution in [-0.2, 0) is 20.3 Å².